The smallest absolute Gasteiger partial charge is 0.273 e. The van der Waals surface area contributed by atoms with Gasteiger partial charge in [-0.2, -0.15) is 4.98 Å². The van der Waals surface area contributed by atoms with Gasteiger partial charge in [-0.25, -0.2) is 0 Å². The molecule has 0 fully saturated rings. The molecule has 16 heavy (non-hydrogen) atoms. The average Bonchev–Trinajstić information content (AvgIpc) is 2.36. The predicted molar refractivity (Wildman–Crippen MR) is 61.5 cm³/mol. The Hall–Kier alpha value is -2.23. The van der Waals surface area contributed by atoms with Gasteiger partial charge in [0.05, 0.1) is 5.52 Å². The molecule has 0 N–H and O–H groups in total. The Morgan fingerprint density at radius 2 is 2.38 bits per heavy atom. The Labute approximate surface area is 95.4 Å². The van der Waals surface area contributed by atoms with E-state index < -0.39 is 12.4 Å². The SMILES string of the molecule is [2H]C([2H])([2H])c1cc(=O)nc2c3cccnc3ccn12. The summed E-state index contributed by atoms with van der Waals surface area (Å²) in [7, 11) is 0. The van der Waals surface area contributed by atoms with E-state index in [1.807, 2.05) is 0 Å². The van der Waals surface area contributed by atoms with Crippen LogP contribution in [0.15, 0.2) is 41.5 Å². The van der Waals surface area contributed by atoms with E-state index in [0.717, 1.165) is 6.07 Å². The van der Waals surface area contributed by atoms with Gasteiger partial charge in [0.1, 0.15) is 0 Å². The third-order valence-corrected chi connectivity index (χ3v) is 2.42. The summed E-state index contributed by atoms with van der Waals surface area (Å²) in [6.07, 6.45) is 3.20. The highest BCUT2D eigenvalue weighted by molar-refractivity contribution is 5.90. The summed E-state index contributed by atoms with van der Waals surface area (Å²) in [5, 5.41) is 0.646. The average molecular weight is 214 g/mol. The Kier molecular flexibility index (Phi) is 1.25. The van der Waals surface area contributed by atoms with Gasteiger partial charge in [-0.05, 0) is 25.1 Å². The van der Waals surface area contributed by atoms with E-state index in [4.69, 9.17) is 4.11 Å². The van der Waals surface area contributed by atoms with Crippen LogP contribution in [0.3, 0.4) is 0 Å². The van der Waals surface area contributed by atoms with Crippen molar-refractivity contribution in [1.29, 1.82) is 0 Å². The first-order chi connectivity index (χ1) is 8.97. The quantitative estimate of drug-likeness (QED) is 0.533. The molecule has 0 bridgehead atoms. The zero-order valence-corrected chi connectivity index (χ0v) is 8.21. The summed E-state index contributed by atoms with van der Waals surface area (Å²) in [6.45, 7) is -2.37. The van der Waals surface area contributed by atoms with E-state index in [-0.39, 0.29) is 5.69 Å². The van der Waals surface area contributed by atoms with Crippen LogP contribution in [0.2, 0.25) is 0 Å². The van der Waals surface area contributed by atoms with Gasteiger partial charge in [-0.15, -0.1) is 0 Å². The maximum Gasteiger partial charge on any atom is 0.273 e. The van der Waals surface area contributed by atoms with Crippen LogP contribution in [-0.2, 0) is 0 Å². The lowest BCUT2D eigenvalue weighted by molar-refractivity contribution is 1.02. The molecule has 3 rings (SSSR count). The van der Waals surface area contributed by atoms with Crippen molar-refractivity contribution < 1.29 is 4.11 Å². The first-order valence-electron chi connectivity index (χ1n) is 6.24. The van der Waals surface area contributed by atoms with Crippen LogP contribution in [0, 0.1) is 6.85 Å². The molecule has 0 saturated heterocycles. The molecular formula is C12H9N3O. The second kappa shape index (κ2) is 3.13. The summed E-state index contributed by atoms with van der Waals surface area (Å²) in [5.74, 6) is 0. The number of nitrogens with zero attached hydrogens (tertiary/aromatic N) is 3. The highest BCUT2D eigenvalue weighted by Crippen LogP contribution is 2.15. The van der Waals surface area contributed by atoms with E-state index in [1.54, 1.807) is 30.6 Å². The Morgan fingerprint density at radius 1 is 1.44 bits per heavy atom. The number of hydrogen-bond donors (Lipinski definition) is 0. The summed E-state index contributed by atoms with van der Waals surface area (Å²) in [6, 6.07) is 6.22. The monoisotopic (exact) mass is 214 g/mol. The fourth-order valence-electron chi connectivity index (χ4n) is 1.72. The van der Waals surface area contributed by atoms with Gasteiger partial charge < -0.3 is 4.40 Å². The topological polar surface area (TPSA) is 47.3 Å². The van der Waals surface area contributed by atoms with Gasteiger partial charge in [0.2, 0.25) is 0 Å². The molecule has 4 heteroatoms. The van der Waals surface area contributed by atoms with Gasteiger partial charge in [0.25, 0.3) is 5.56 Å². The third kappa shape index (κ3) is 1.20. The van der Waals surface area contributed by atoms with E-state index in [0.29, 0.717) is 16.6 Å². The summed E-state index contributed by atoms with van der Waals surface area (Å²) < 4.78 is 23.9. The summed E-state index contributed by atoms with van der Waals surface area (Å²) >= 11 is 0. The standard InChI is InChI=1S/C12H9N3O/c1-8-7-11(16)14-12-9-3-2-5-13-10(9)4-6-15(8)12/h2-7H,1H3/i1D3. The van der Waals surface area contributed by atoms with E-state index in [1.165, 1.54) is 4.40 Å². The van der Waals surface area contributed by atoms with Crippen LogP contribution in [-0.4, -0.2) is 14.4 Å². The molecule has 0 atom stereocenters. The lowest BCUT2D eigenvalue weighted by atomic mass is 10.2. The molecule has 0 amide bonds. The van der Waals surface area contributed by atoms with Crippen LogP contribution in [0.1, 0.15) is 9.81 Å². The van der Waals surface area contributed by atoms with Crippen molar-refractivity contribution in [3.8, 4) is 0 Å². The van der Waals surface area contributed by atoms with E-state index in [2.05, 4.69) is 9.97 Å². The first kappa shape index (κ1) is 6.37. The predicted octanol–water partition coefficient (Wildman–Crippen LogP) is 1.55. The fourth-order valence-corrected chi connectivity index (χ4v) is 1.72. The zero-order valence-electron chi connectivity index (χ0n) is 11.2. The van der Waals surface area contributed by atoms with Gasteiger partial charge in [0, 0.05) is 33.7 Å². The largest absolute Gasteiger partial charge is 0.305 e. The van der Waals surface area contributed by atoms with Crippen LogP contribution in [0.5, 0.6) is 0 Å². The molecular weight excluding hydrogens is 202 g/mol. The molecule has 0 aliphatic rings. The maximum atomic E-state index is 11.6. The highest BCUT2D eigenvalue weighted by Gasteiger charge is 2.03. The first-order valence-corrected chi connectivity index (χ1v) is 4.74. The van der Waals surface area contributed by atoms with Crippen molar-refractivity contribution >= 4 is 16.6 Å². The fraction of sp³-hybridized carbons (Fsp3) is 0.0833. The normalized spacial score (nSPS) is 14.6. The number of aromatic nitrogens is 3. The number of pyridine rings is 2. The van der Waals surface area contributed by atoms with Crippen molar-refractivity contribution in [1.82, 2.24) is 14.4 Å². The van der Waals surface area contributed by atoms with Crippen molar-refractivity contribution in [3.63, 3.8) is 0 Å². The molecule has 0 saturated carbocycles. The molecule has 0 radical (unpaired) electrons. The third-order valence-electron chi connectivity index (χ3n) is 2.42. The van der Waals surface area contributed by atoms with Crippen LogP contribution >= 0.6 is 0 Å². The maximum absolute atomic E-state index is 11.6. The molecule has 3 aromatic rings. The number of rotatable bonds is 0. The Bertz CT molecular complexity index is 839. The van der Waals surface area contributed by atoms with Gasteiger partial charge in [0.15, 0.2) is 5.65 Å². The van der Waals surface area contributed by atoms with Crippen LogP contribution in [0.4, 0.5) is 0 Å². The summed E-state index contributed by atoms with van der Waals surface area (Å²) in [5.41, 5.74) is 0.358. The second-order valence-corrected chi connectivity index (χ2v) is 3.43. The molecule has 0 aliphatic heterocycles. The highest BCUT2D eigenvalue weighted by atomic mass is 16.1. The lowest BCUT2D eigenvalue weighted by Gasteiger charge is -2.06. The van der Waals surface area contributed by atoms with E-state index >= 15 is 0 Å². The minimum atomic E-state index is -2.37. The number of aryl methyl sites for hydroxylation is 1. The molecule has 4 nitrogen and oxygen atoms in total. The lowest BCUT2D eigenvalue weighted by Crippen LogP contribution is -2.10. The van der Waals surface area contributed by atoms with Gasteiger partial charge >= 0.3 is 0 Å². The van der Waals surface area contributed by atoms with Crippen LogP contribution < -0.4 is 5.56 Å². The van der Waals surface area contributed by atoms with Crippen molar-refractivity contribution in [2.75, 3.05) is 0 Å². The number of hydrogen-bond acceptors (Lipinski definition) is 3. The van der Waals surface area contributed by atoms with Crippen molar-refractivity contribution in [2.24, 2.45) is 0 Å². The van der Waals surface area contributed by atoms with E-state index in [9.17, 15) is 4.79 Å². The molecule has 0 aromatic carbocycles. The number of fused-ring (bicyclic) bond motifs is 3. The molecule has 78 valence electrons. The minimum absolute atomic E-state index is 0.0479. The summed E-state index contributed by atoms with van der Waals surface area (Å²) in [4.78, 5) is 19.7. The zero-order chi connectivity index (χ0) is 13.6. The molecule has 3 heterocycles. The van der Waals surface area contributed by atoms with Gasteiger partial charge in [-0.1, -0.05) is 0 Å². The molecule has 3 aromatic heterocycles. The van der Waals surface area contributed by atoms with Crippen LogP contribution in [0.25, 0.3) is 16.6 Å². The van der Waals surface area contributed by atoms with Gasteiger partial charge in [-0.3, -0.25) is 9.78 Å². The minimum Gasteiger partial charge on any atom is -0.305 e. The Balaban J connectivity index is 2.55. The molecule has 0 unspecified atom stereocenters. The van der Waals surface area contributed by atoms with Crippen molar-refractivity contribution in [2.45, 2.75) is 6.85 Å². The second-order valence-electron chi connectivity index (χ2n) is 3.43. The molecule has 0 spiro atoms. The Morgan fingerprint density at radius 3 is 3.25 bits per heavy atom. The molecule has 0 aliphatic carbocycles. The van der Waals surface area contributed by atoms with Crippen molar-refractivity contribution in [3.05, 3.63) is 52.7 Å².